The Morgan fingerprint density at radius 2 is 1.61 bits per heavy atom. The van der Waals surface area contributed by atoms with E-state index in [0.29, 0.717) is 10.9 Å². The van der Waals surface area contributed by atoms with Crippen LogP contribution in [0, 0.1) is 6.92 Å². The molecule has 0 N–H and O–H groups in total. The first-order chi connectivity index (χ1) is 10.8. The van der Waals surface area contributed by atoms with Crippen molar-refractivity contribution in [1.82, 2.24) is 9.55 Å². The molecule has 0 atom stereocenters. The number of benzene rings is 1. The van der Waals surface area contributed by atoms with Crippen molar-refractivity contribution in [2.75, 3.05) is 4.90 Å². The Labute approximate surface area is 138 Å². The molecule has 0 radical (unpaired) electrons. The Bertz CT molecular complexity index is 754. The lowest BCUT2D eigenvalue weighted by atomic mass is 10.3. The molecular weight excluding hydrogens is 314 g/mol. The first-order valence-corrected chi connectivity index (χ1v) is 7.79. The van der Waals surface area contributed by atoms with Crippen molar-refractivity contribution in [3.63, 3.8) is 0 Å². The van der Waals surface area contributed by atoms with Crippen LogP contribution in [0.3, 0.4) is 0 Å². The second kappa shape index (κ2) is 6.78. The van der Waals surface area contributed by atoms with Crippen molar-refractivity contribution in [1.29, 1.82) is 0 Å². The third-order valence-corrected chi connectivity index (χ3v) is 3.93. The second-order valence-electron chi connectivity index (χ2n) is 4.93. The summed E-state index contributed by atoms with van der Waals surface area (Å²) in [4.78, 5) is 40.7. The molecule has 2 amide bonds. The Balaban J connectivity index is 2.71. The minimum Gasteiger partial charge on any atom is -0.289 e. The van der Waals surface area contributed by atoms with Gasteiger partial charge in [-0.2, -0.15) is 0 Å². The molecule has 0 saturated carbocycles. The normalized spacial score (nSPS) is 10.4. The van der Waals surface area contributed by atoms with Gasteiger partial charge in [-0.3, -0.25) is 19.0 Å². The fraction of sp³-hybridized carbons (Fsp3) is 0.250. The number of aromatic nitrogens is 2. The number of carbonyl (C=O) groups excluding carboxylic acids is 3. The predicted octanol–water partition coefficient (Wildman–Crippen LogP) is 2.72. The number of hydrogen-bond acceptors (Lipinski definition) is 5. The monoisotopic (exact) mass is 331 g/mol. The molecule has 1 aromatic heterocycles. The summed E-state index contributed by atoms with van der Waals surface area (Å²) < 4.78 is 1.76. The predicted molar refractivity (Wildman–Crippen MR) is 88.7 cm³/mol. The molecule has 0 fully saturated rings. The highest BCUT2D eigenvalue weighted by Gasteiger charge is 2.27. The van der Waals surface area contributed by atoms with Crippen LogP contribution in [0.1, 0.15) is 26.6 Å². The molecule has 0 aliphatic carbocycles. The van der Waals surface area contributed by atoms with E-state index < -0.39 is 11.8 Å². The van der Waals surface area contributed by atoms with E-state index in [2.05, 4.69) is 4.98 Å². The van der Waals surface area contributed by atoms with E-state index >= 15 is 0 Å². The first-order valence-electron chi connectivity index (χ1n) is 6.97. The first kappa shape index (κ1) is 17.0. The molecule has 120 valence electrons. The molecular formula is C16H17N3O3S. The summed E-state index contributed by atoms with van der Waals surface area (Å²) >= 11 is 0.946. The van der Waals surface area contributed by atoms with Crippen LogP contribution in [0.15, 0.2) is 35.4 Å². The molecule has 2 rings (SSSR count). The van der Waals surface area contributed by atoms with Gasteiger partial charge in [0.05, 0.1) is 0 Å². The van der Waals surface area contributed by atoms with E-state index in [0.717, 1.165) is 22.3 Å². The maximum Gasteiger partial charge on any atom is 0.231 e. The number of amides is 2. The van der Waals surface area contributed by atoms with Crippen molar-refractivity contribution in [3.8, 4) is 5.69 Å². The Morgan fingerprint density at radius 3 is 2.09 bits per heavy atom. The summed E-state index contributed by atoms with van der Waals surface area (Å²) in [5, 5.41) is 0.294. The minimum atomic E-state index is -0.444. The summed E-state index contributed by atoms with van der Waals surface area (Å²) in [5.74, 6) is -0.116. The minimum absolute atomic E-state index is 0.157. The van der Waals surface area contributed by atoms with Crippen LogP contribution in [0.4, 0.5) is 5.82 Å². The number of hydrogen-bond donors (Lipinski definition) is 0. The average Bonchev–Trinajstić information content (AvgIpc) is 2.74. The number of para-hydroxylation sites is 1. The number of imide groups is 1. The second-order valence-corrected chi connectivity index (χ2v) is 6.09. The standard InChI is InChI=1S/C16H17N3O3S/c1-10-17-15(19(11(2)20)12(3)21)16(23-13(4)22)18(10)14-8-6-5-7-9-14/h5-9H,1-4H3. The number of nitrogens with zero attached hydrogens (tertiary/aromatic N) is 3. The van der Waals surface area contributed by atoms with Gasteiger partial charge in [-0.1, -0.05) is 18.2 Å². The molecule has 0 bridgehead atoms. The van der Waals surface area contributed by atoms with Crippen LogP contribution in [-0.4, -0.2) is 26.5 Å². The van der Waals surface area contributed by atoms with Crippen LogP contribution >= 0.6 is 11.8 Å². The lowest BCUT2D eigenvalue weighted by Crippen LogP contribution is -2.33. The third kappa shape index (κ3) is 3.50. The molecule has 7 heteroatoms. The van der Waals surface area contributed by atoms with Crippen LogP contribution in [0.5, 0.6) is 0 Å². The third-order valence-electron chi connectivity index (χ3n) is 3.08. The summed E-state index contributed by atoms with van der Waals surface area (Å²) in [7, 11) is 0. The van der Waals surface area contributed by atoms with Crippen LogP contribution in [0.25, 0.3) is 5.69 Å². The van der Waals surface area contributed by atoms with E-state index in [4.69, 9.17) is 0 Å². The van der Waals surface area contributed by atoms with Crippen LogP contribution < -0.4 is 4.90 Å². The van der Waals surface area contributed by atoms with Crippen molar-refractivity contribution >= 4 is 34.5 Å². The highest BCUT2D eigenvalue weighted by Crippen LogP contribution is 2.34. The molecule has 0 aliphatic rings. The Kier molecular flexibility index (Phi) is 5.00. The summed E-state index contributed by atoms with van der Waals surface area (Å²) in [6.45, 7) is 5.78. The molecule has 0 unspecified atom stereocenters. The molecule has 6 nitrogen and oxygen atoms in total. The number of anilines is 1. The quantitative estimate of drug-likeness (QED) is 0.809. The van der Waals surface area contributed by atoms with Gasteiger partial charge in [-0.25, -0.2) is 9.88 Å². The van der Waals surface area contributed by atoms with Crippen molar-refractivity contribution in [2.45, 2.75) is 32.7 Å². The van der Waals surface area contributed by atoms with E-state index in [9.17, 15) is 14.4 Å². The van der Waals surface area contributed by atoms with Crippen molar-refractivity contribution in [3.05, 3.63) is 36.2 Å². The fourth-order valence-electron chi connectivity index (χ4n) is 2.27. The number of aryl methyl sites for hydroxylation is 1. The summed E-state index contributed by atoms with van der Waals surface area (Å²) in [6.07, 6.45) is 0. The van der Waals surface area contributed by atoms with E-state index in [1.807, 2.05) is 30.3 Å². The van der Waals surface area contributed by atoms with Crippen molar-refractivity contribution < 1.29 is 14.4 Å². The molecule has 1 heterocycles. The lowest BCUT2D eigenvalue weighted by molar-refractivity contribution is -0.124. The Morgan fingerprint density at radius 1 is 1.04 bits per heavy atom. The zero-order valence-electron chi connectivity index (χ0n) is 13.4. The number of imidazole rings is 1. The number of carbonyl (C=O) groups is 3. The van der Waals surface area contributed by atoms with Gasteiger partial charge in [0.15, 0.2) is 10.9 Å². The average molecular weight is 331 g/mol. The molecule has 0 spiro atoms. The molecule has 0 aliphatic heterocycles. The molecule has 2 aromatic rings. The van der Waals surface area contributed by atoms with E-state index in [-0.39, 0.29) is 10.9 Å². The summed E-state index contributed by atoms with van der Waals surface area (Å²) in [5.41, 5.74) is 0.805. The largest absolute Gasteiger partial charge is 0.289 e. The zero-order chi connectivity index (χ0) is 17.1. The van der Waals surface area contributed by atoms with Crippen LogP contribution in [-0.2, 0) is 14.4 Å². The van der Waals surface area contributed by atoms with Gasteiger partial charge in [0.25, 0.3) is 0 Å². The fourth-order valence-corrected chi connectivity index (χ4v) is 3.10. The molecule has 23 heavy (non-hydrogen) atoms. The van der Waals surface area contributed by atoms with Gasteiger partial charge >= 0.3 is 0 Å². The molecule has 1 aromatic carbocycles. The Hall–Kier alpha value is -2.41. The highest BCUT2D eigenvalue weighted by atomic mass is 32.2. The highest BCUT2D eigenvalue weighted by molar-refractivity contribution is 8.13. The summed E-state index contributed by atoms with van der Waals surface area (Å²) in [6, 6.07) is 9.35. The van der Waals surface area contributed by atoms with Crippen LogP contribution in [0.2, 0.25) is 0 Å². The van der Waals surface area contributed by atoms with Gasteiger partial charge in [-0.05, 0) is 30.8 Å². The maximum atomic E-state index is 11.8. The van der Waals surface area contributed by atoms with Gasteiger partial charge in [0.2, 0.25) is 11.8 Å². The number of thioether (sulfide) groups is 1. The van der Waals surface area contributed by atoms with Gasteiger partial charge in [-0.15, -0.1) is 0 Å². The van der Waals surface area contributed by atoms with E-state index in [1.54, 1.807) is 11.5 Å². The number of rotatable bonds is 3. The van der Waals surface area contributed by atoms with E-state index in [1.165, 1.54) is 20.8 Å². The van der Waals surface area contributed by atoms with Crippen molar-refractivity contribution in [2.24, 2.45) is 0 Å². The lowest BCUT2D eigenvalue weighted by Gasteiger charge is -2.16. The SMILES string of the molecule is CC(=O)Sc1c(N(C(C)=O)C(C)=O)nc(C)n1-c1ccccc1. The van der Waals surface area contributed by atoms with Gasteiger partial charge < -0.3 is 0 Å². The van der Waals surface area contributed by atoms with Gasteiger partial charge in [0.1, 0.15) is 10.9 Å². The molecule has 0 saturated heterocycles. The van der Waals surface area contributed by atoms with Gasteiger partial charge in [0, 0.05) is 26.5 Å². The maximum absolute atomic E-state index is 11.8. The smallest absolute Gasteiger partial charge is 0.231 e. The zero-order valence-corrected chi connectivity index (χ0v) is 14.2. The topological polar surface area (TPSA) is 72.3 Å².